The minimum Gasteiger partial charge on any atom is -0.405 e. The maximum Gasteiger partial charge on any atom is 0.240 e. The molecule has 0 bridgehead atoms. The second-order valence-corrected chi connectivity index (χ2v) is 10.2. The molecule has 2 atom stereocenters. The first-order chi connectivity index (χ1) is 11.9. The maximum atomic E-state index is 11.8. The molecule has 1 unspecified atom stereocenters. The Morgan fingerprint density at radius 2 is 1.52 bits per heavy atom. The highest BCUT2D eigenvalue weighted by molar-refractivity contribution is 6.80. The predicted molar refractivity (Wildman–Crippen MR) is 105 cm³/mol. The van der Waals surface area contributed by atoms with Crippen molar-refractivity contribution in [2.75, 3.05) is 0 Å². The van der Waals surface area contributed by atoms with E-state index in [1.807, 2.05) is 12.1 Å². The molecule has 4 heteroatoms. The number of carbonyl (C=O) groups is 1. The molecule has 0 spiro atoms. The number of rotatable bonds is 5. The van der Waals surface area contributed by atoms with Gasteiger partial charge in [-0.2, -0.15) is 0 Å². The number of benzene rings is 2. The Morgan fingerprint density at radius 1 is 1.00 bits per heavy atom. The average molecular weight is 354 g/mol. The van der Waals surface area contributed by atoms with Crippen LogP contribution < -0.4 is 15.7 Å². The molecule has 1 saturated heterocycles. The molecule has 2 aromatic carbocycles. The van der Waals surface area contributed by atoms with E-state index in [0.717, 1.165) is 6.42 Å². The fourth-order valence-electron chi connectivity index (χ4n) is 3.52. The highest BCUT2D eigenvalue weighted by atomic mass is 28.3. The summed E-state index contributed by atoms with van der Waals surface area (Å²) in [4.78, 5) is 11.8. The molecule has 0 saturated carbocycles. The van der Waals surface area contributed by atoms with E-state index in [0.29, 0.717) is 6.42 Å². The third-order valence-electron chi connectivity index (χ3n) is 4.74. The van der Waals surface area contributed by atoms with Gasteiger partial charge >= 0.3 is 0 Å². The largest absolute Gasteiger partial charge is 0.405 e. The van der Waals surface area contributed by atoms with E-state index < -0.39 is 9.04 Å². The Bertz CT molecular complexity index is 657. The molecular formula is C21H27NO2Si. The van der Waals surface area contributed by atoms with Crippen LogP contribution >= 0.6 is 0 Å². The van der Waals surface area contributed by atoms with Gasteiger partial charge in [-0.15, -0.1) is 0 Å². The molecule has 1 aliphatic heterocycles. The van der Waals surface area contributed by atoms with Gasteiger partial charge in [-0.1, -0.05) is 81.4 Å². The molecule has 1 amide bonds. The smallest absolute Gasteiger partial charge is 0.240 e. The first kappa shape index (κ1) is 17.9. The Hall–Kier alpha value is -1.91. The molecule has 1 fully saturated rings. The third kappa shape index (κ3) is 4.38. The van der Waals surface area contributed by atoms with Crippen LogP contribution in [0, 0.1) is 5.41 Å². The summed E-state index contributed by atoms with van der Waals surface area (Å²) in [6.45, 7) is 6.59. The van der Waals surface area contributed by atoms with Gasteiger partial charge in [0.05, 0.1) is 12.1 Å². The van der Waals surface area contributed by atoms with Gasteiger partial charge in [0.2, 0.25) is 14.9 Å². The van der Waals surface area contributed by atoms with Crippen LogP contribution in [0.1, 0.15) is 33.6 Å². The standard InChI is InChI=1S/C21H27NO2Si/c1-21(2,3)20(18-14-15-19(23)22-18)24-25(16-10-6-4-7-11-16)17-12-8-5-9-13-17/h4-13,18,20,25H,14-15H2,1-3H3,(H,22,23)/t18-,20?/m0/s1. The lowest BCUT2D eigenvalue weighted by Crippen LogP contribution is -2.55. The van der Waals surface area contributed by atoms with Crippen LogP contribution in [0.25, 0.3) is 0 Å². The van der Waals surface area contributed by atoms with E-state index in [-0.39, 0.29) is 23.5 Å². The van der Waals surface area contributed by atoms with E-state index in [1.165, 1.54) is 10.4 Å². The molecule has 3 rings (SSSR count). The average Bonchev–Trinajstić information content (AvgIpc) is 3.02. The van der Waals surface area contributed by atoms with Crippen molar-refractivity contribution in [3.63, 3.8) is 0 Å². The van der Waals surface area contributed by atoms with Gasteiger partial charge in [-0.05, 0) is 22.2 Å². The van der Waals surface area contributed by atoms with E-state index in [1.54, 1.807) is 0 Å². The molecule has 1 N–H and O–H groups in total. The van der Waals surface area contributed by atoms with Gasteiger partial charge in [0.15, 0.2) is 0 Å². The fraction of sp³-hybridized carbons (Fsp3) is 0.381. The monoisotopic (exact) mass is 353 g/mol. The number of amides is 1. The molecule has 0 radical (unpaired) electrons. The molecule has 0 aliphatic carbocycles. The van der Waals surface area contributed by atoms with Crippen molar-refractivity contribution in [2.24, 2.45) is 5.41 Å². The van der Waals surface area contributed by atoms with Crippen molar-refractivity contribution in [3.05, 3.63) is 60.7 Å². The minimum absolute atomic E-state index is 0.00368. The molecule has 132 valence electrons. The Morgan fingerprint density at radius 3 is 1.92 bits per heavy atom. The minimum atomic E-state index is -1.84. The van der Waals surface area contributed by atoms with Crippen molar-refractivity contribution in [2.45, 2.75) is 45.8 Å². The van der Waals surface area contributed by atoms with Gasteiger partial charge in [0.25, 0.3) is 0 Å². The van der Waals surface area contributed by atoms with Crippen LogP contribution in [-0.2, 0) is 9.22 Å². The van der Waals surface area contributed by atoms with E-state index >= 15 is 0 Å². The first-order valence-corrected chi connectivity index (χ1v) is 10.6. The lowest BCUT2D eigenvalue weighted by Gasteiger charge is -2.38. The molecule has 3 nitrogen and oxygen atoms in total. The molecule has 25 heavy (non-hydrogen) atoms. The van der Waals surface area contributed by atoms with Crippen LogP contribution in [0.3, 0.4) is 0 Å². The second-order valence-electron chi connectivity index (χ2n) is 7.84. The SMILES string of the molecule is CC(C)(C)C(O[SiH](c1ccccc1)c1ccccc1)[C@@H]1CCC(=O)N1. The summed E-state index contributed by atoms with van der Waals surface area (Å²) in [5.74, 6) is 0.139. The number of hydrogen-bond acceptors (Lipinski definition) is 2. The first-order valence-electron chi connectivity index (χ1n) is 9.00. The van der Waals surface area contributed by atoms with E-state index in [2.05, 4.69) is 74.6 Å². The van der Waals surface area contributed by atoms with Crippen LogP contribution in [0.2, 0.25) is 0 Å². The quantitative estimate of drug-likeness (QED) is 0.837. The summed E-state index contributed by atoms with van der Waals surface area (Å²) in [6, 6.07) is 21.1. The zero-order valence-corrected chi connectivity index (χ0v) is 16.4. The van der Waals surface area contributed by atoms with Crippen LogP contribution in [0.15, 0.2) is 60.7 Å². The zero-order valence-electron chi connectivity index (χ0n) is 15.2. The summed E-state index contributed by atoms with van der Waals surface area (Å²) in [5, 5.41) is 5.67. The summed E-state index contributed by atoms with van der Waals surface area (Å²) >= 11 is 0. The van der Waals surface area contributed by atoms with Crippen molar-refractivity contribution in [3.8, 4) is 0 Å². The molecule has 1 aliphatic rings. The third-order valence-corrected chi connectivity index (χ3v) is 7.28. The van der Waals surface area contributed by atoms with Crippen molar-refractivity contribution >= 4 is 25.3 Å². The molecule has 2 aromatic rings. The van der Waals surface area contributed by atoms with Crippen molar-refractivity contribution in [1.29, 1.82) is 0 Å². The lowest BCUT2D eigenvalue weighted by atomic mass is 9.84. The summed E-state index contributed by atoms with van der Waals surface area (Å²) < 4.78 is 6.84. The van der Waals surface area contributed by atoms with E-state index in [4.69, 9.17) is 4.43 Å². The normalized spacial score (nSPS) is 19.0. The van der Waals surface area contributed by atoms with Crippen molar-refractivity contribution in [1.82, 2.24) is 5.32 Å². The van der Waals surface area contributed by atoms with Crippen LogP contribution in [0.5, 0.6) is 0 Å². The maximum absolute atomic E-state index is 11.8. The van der Waals surface area contributed by atoms with Gasteiger partial charge < -0.3 is 9.74 Å². The van der Waals surface area contributed by atoms with Gasteiger partial charge in [-0.25, -0.2) is 0 Å². The van der Waals surface area contributed by atoms with Crippen LogP contribution in [-0.4, -0.2) is 27.1 Å². The number of carbonyl (C=O) groups excluding carboxylic acids is 1. The van der Waals surface area contributed by atoms with Crippen molar-refractivity contribution < 1.29 is 9.22 Å². The van der Waals surface area contributed by atoms with Crippen LogP contribution in [0.4, 0.5) is 0 Å². The van der Waals surface area contributed by atoms with E-state index in [9.17, 15) is 4.79 Å². The summed E-state index contributed by atoms with van der Waals surface area (Å²) in [7, 11) is -1.84. The highest BCUT2D eigenvalue weighted by Crippen LogP contribution is 2.29. The molecule has 1 heterocycles. The lowest BCUT2D eigenvalue weighted by molar-refractivity contribution is -0.119. The predicted octanol–water partition coefficient (Wildman–Crippen LogP) is 2.23. The Labute approximate surface area is 152 Å². The van der Waals surface area contributed by atoms with Gasteiger partial charge in [0.1, 0.15) is 0 Å². The highest BCUT2D eigenvalue weighted by Gasteiger charge is 2.39. The number of hydrogen-bond donors (Lipinski definition) is 1. The molecule has 0 aromatic heterocycles. The zero-order chi connectivity index (χ0) is 17.9. The fourth-order valence-corrected chi connectivity index (χ4v) is 6.25. The Balaban J connectivity index is 1.93. The summed E-state index contributed by atoms with van der Waals surface area (Å²) in [5.41, 5.74) is -0.0445. The van der Waals surface area contributed by atoms with Gasteiger partial charge in [0, 0.05) is 6.42 Å². The number of nitrogens with one attached hydrogen (secondary N) is 1. The second kappa shape index (κ2) is 7.54. The molecular weight excluding hydrogens is 326 g/mol. The topological polar surface area (TPSA) is 38.3 Å². The Kier molecular flexibility index (Phi) is 5.40. The summed E-state index contributed by atoms with van der Waals surface area (Å²) in [6.07, 6.45) is 1.45. The van der Waals surface area contributed by atoms with Gasteiger partial charge in [-0.3, -0.25) is 4.79 Å².